The summed E-state index contributed by atoms with van der Waals surface area (Å²) in [5, 5.41) is 3.32. The van der Waals surface area contributed by atoms with Crippen LogP contribution in [0.25, 0.3) is 0 Å². The first kappa shape index (κ1) is 15.0. The summed E-state index contributed by atoms with van der Waals surface area (Å²) in [6.07, 6.45) is 6.92. The van der Waals surface area contributed by atoms with Crippen molar-refractivity contribution in [2.24, 2.45) is 5.92 Å². The van der Waals surface area contributed by atoms with Crippen LogP contribution in [0.15, 0.2) is 12.2 Å². The molecule has 1 unspecified atom stereocenters. The van der Waals surface area contributed by atoms with Crippen LogP contribution in [0.4, 0.5) is 0 Å². The molecule has 6 heteroatoms. The maximum absolute atomic E-state index is 12.6. The van der Waals surface area contributed by atoms with E-state index in [-0.39, 0.29) is 0 Å². The number of piperidine rings is 1. The van der Waals surface area contributed by atoms with E-state index in [1.807, 2.05) is 6.08 Å². The highest BCUT2D eigenvalue weighted by molar-refractivity contribution is 7.86. The van der Waals surface area contributed by atoms with E-state index in [4.69, 9.17) is 0 Å². The molecule has 2 aliphatic rings. The third-order valence-electron chi connectivity index (χ3n) is 3.84. The first-order valence-electron chi connectivity index (χ1n) is 7.25. The van der Waals surface area contributed by atoms with Gasteiger partial charge in [0.1, 0.15) is 0 Å². The second kappa shape index (κ2) is 6.83. The van der Waals surface area contributed by atoms with Gasteiger partial charge in [-0.05, 0) is 38.3 Å². The maximum Gasteiger partial charge on any atom is 0.282 e. The quantitative estimate of drug-likeness (QED) is 0.762. The van der Waals surface area contributed by atoms with Crippen molar-refractivity contribution in [2.75, 3.05) is 39.3 Å². The van der Waals surface area contributed by atoms with Crippen LogP contribution in [-0.4, -0.2) is 56.3 Å². The second-order valence-electron chi connectivity index (χ2n) is 5.30. The second-order valence-corrected chi connectivity index (χ2v) is 7.23. The molecule has 1 saturated heterocycles. The van der Waals surface area contributed by atoms with E-state index in [9.17, 15) is 8.42 Å². The molecule has 110 valence electrons. The standard InChI is InChI=1S/C13H25N3O2S/c1-2-14-11-13-7-6-10-16(12-13)19(17,18)15-8-4-3-5-9-15/h3-4,13-14H,2,5-12H2,1H3. The lowest BCUT2D eigenvalue weighted by atomic mass is 10.00. The van der Waals surface area contributed by atoms with Gasteiger partial charge in [-0.3, -0.25) is 0 Å². The Morgan fingerprint density at radius 3 is 2.79 bits per heavy atom. The Hall–Kier alpha value is -0.430. The topological polar surface area (TPSA) is 52.7 Å². The molecule has 1 atom stereocenters. The Balaban J connectivity index is 1.97. The molecule has 0 saturated carbocycles. The first-order valence-corrected chi connectivity index (χ1v) is 8.65. The highest BCUT2D eigenvalue weighted by Gasteiger charge is 2.33. The highest BCUT2D eigenvalue weighted by atomic mass is 32.2. The minimum absolute atomic E-state index is 0.448. The largest absolute Gasteiger partial charge is 0.317 e. The van der Waals surface area contributed by atoms with Crippen LogP contribution >= 0.6 is 0 Å². The van der Waals surface area contributed by atoms with E-state index in [0.29, 0.717) is 32.1 Å². The summed E-state index contributed by atoms with van der Waals surface area (Å²) in [6.45, 7) is 6.42. The zero-order valence-corrected chi connectivity index (χ0v) is 12.5. The van der Waals surface area contributed by atoms with Crippen LogP contribution in [0.3, 0.4) is 0 Å². The smallest absolute Gasteiger partial charge is 0.282 e. The Labute approximate surface area is 116 Å². The van der Waals surface area contributed by atoms with Crippen molar-refractivity contribution in [3.05, 3.63) is 12.2 Å². The van der Waals surface area contributed by atoms with Gasteiger partial charge in [-0.15, -0.1) is 0 Å². The summed E-state index contributed by atoms with van der Waals surface area (Å²) in [6, 6.07) is 0. The average molecular weight is 287 g/mol. The fourth-order valence-corrected chi connectivity index (χ4v) is 4.44. The molecule has 0 spiro atoms. The van der Waals surface area contributed by atoms with Crippen molar-refractivity contribution in [2.45, 2.75) is 26.2 Å². The van der Waals surface area contributed by atoms with Crippen LogP contribution in [0, 0.1) is 5.92 Å². The van der Waals surface area contributed by atoms with Gasteiger partial charge in [-0.2, -0.15) is 17.0 Å². The van der Waals surface area contributed by atoms with Gasteiger partial charge in [0.2, 0.25) is 0 Å². The Kier molecular flexibility index (Phi) is 5.38. The lowest BCUT2D eigenvalue weighted by molar-refractivity contribution is 0.244. The lowest BCUT2D eigenvalue weighted by Gasteiger charge is -2.36. The maximum atomic E-state index is 12.6. The molecular weight excluding hydrogens is 262 g/mol. The predicted octanol–water partition coefficient (Wildman–Crippen LogP) is 0.815. The monoisotopic (exact) mass is 287 g/mol. The van der Waals surface area contributed by atoms with Gasteiger partial charge in [0.25, 0.3) is 10.2 Å². The van der Waals surface area contributed by atoms with Gasteiger partial charge in [0.15, 0.2) is 0 Å². The van der Waals surface area contributed by atoms with E-state index < -0.39 is 10.2 Å². The summed E-state index contributed by atoms with van der Waals surface area (Å²) in [4.78, 5) is 0. The molecule has 19 heavy (non-hydrogen) atoms. The molecule has 0 aromatic carbocycles. The zero-order chi connectivity index (χ0) is 13.7. The predicted molar refractivity (Wildman–Crippen MR) is 77.1 cm³/mol. The highest BCUT2D eigenvalue weighted by Crippen LogP contribution is 2.21. The van der Waals surface area contributed by atoms with E-state index in [1.54, 1.807) is 8.61 Å². The number of hydrogen-bond donors (Lipinski definition) is 1. The minimum Gasteiger partial charge on any atom is -0.317 e. The zero-order valence-electron chi connectivity index (χ0n) is 11.7. The number of nitrogens with one attached hydrogen (secondary N) is 1. The normalized spacial score (nSPS) is 26.7. The summed E-state index contributed by atoms with van der Waals surface area (Å²) in [5.74, 6) is 0.448. The Morgan fingerprint density at radius 2 is 2.11 bits per heavy atom. The molecule has 0 aliphatic carbocycles. The van der Waals surface area contributed by atoms with Crippen molar-refractivity contribution in [3.63, 3.8) is 0 Å². The molecule has 2 aliphatic heterocycles. The molecule has 0 amide bonds. The Bertz CT molecular complexity index is 408. The van der Waals surface area contributed by atoms with Gasteiger partial charge in [0.05, 0.1) is 0 Å². The average Bonchev–Trinajstić information content (AvgIpc) is 2.46. The number of hydrogen-bond acceptors (Lipinski definition) is 3. The van der Waals surface area contributed by atoms with Gasteiger partial charge in [-0.1, -0.05) is 19.1 Å². The van der Waals surface area contributed by atoms with Crippen LogP contribution in [0.5, 0.6) is 0 Å². The summed E-state index contributed by atoms with van der Waals surface area (Å²) < 4.78 is 28.4. The van der Waals surface area contributed by atoms with Crippen molar-refractivity contribution < 1.29 is 8.42 Å². The molecule has 2 heterocycles. The Morgan fingerprint density at radius 1 is 1.26 bits per heavy atom. The van der Waals surface area contributed by atoms with Crippen LogP contribution in [-0.2, 0) is 10.2 Å². The molecule has 5 nitrogen and oxygen atoms in total. The molecule has 0 bridgehead atoms. The summed E-state index contributed by atoms with van der Waals surface area (Å²) >= 11 is 0. The van der Waals surface area contributed by atoms with E-state index in [0.717, 1.165) is 32.4 Å². The summed E-state index contributed by atoms with van der Waals surface area (Å²) in [7, 11) is -3.26. The first-order chi connectivity index (χ1) is 9.14. The van der Waals surface area contributed by atoms with Crippen LogP contribution in [0.2, 0.25) is 0 Å². The molecule has 1 fully saturated rings. The van der Waals surface area contributed by atoms with Gasteiger partial charge < -0.3 is 5.32 Å². The van der Waals surface area contributed by atoms with Crippen molar-refractivity contribution in [3.8, 4) is 0 Å². The molecule has 1 N–H and O–H groups in total. The molecule has 0 aromatic rings. The van der Waals surface area contributed by atoms with Crippen molar-refractivity contribution in [1.29, 1.82) is 0 Å². The molecule has 0 radical (unpaired) electrons. The van der Waals surface area contributed by atoms with Crippen molar-refractivity contribution in [1.82, 2.24) is 13.9 Å². The third kappa shape index (κ3) is 3.78. The van der Waals surface area contributed by atoms with Crippen molar-refractivity contribution >= 4 is 10.2 Å². The fraction of sp³-hybridized carbons (Fsp3) is 0.846. The number of rotatable bonds is 5. The summed E-state index contributed by atoms with van der Waals surface area (Å²) in [5.41, 5.74) is 0. The van der Waals surface area contributed by atoms with Crippen LogP contribution < -0.4 is 5.32 Å². The van der Waals surface area contributed by atoms with E-state index >= 15 is 0 Å². The molecular formula is C13H25N3O2S. The lowest BCUT2D eigenvalue weighted by Crippen LogP contribution is -2.50. The van der Waals surface area contributed by atoms with E-state index in [1.165, 1.54) is 0 Å². The van der Waals surface area contributed by atoms with Gasteiger partial charge in [0, 0.05) is 26.2 Å². The number of nitrogens with zero attached hydrogens (tertiary/aromatic N) is 2. The van der Waals surface area contributed by atoms with Gasteiger partial charge in [-0.25, -0.2) is 0 Å². The van der Waals surface area contributed by atoms with Gasteiger partial charge >= 0.3 is 0 Å². The van der Waals surface area contributed by atoms with Crippen LogP contribution in [0.1, 0.15) is 26.2 Å². The van der Waals surface area contributed by atoms with E-state index in [2.05, 4.69) is 18.3 Å². The fourth-order valence-electron chi connectivity index (χ4n) is 2.74. The SMILES string of the molecule is CCNCC1CCCN(S(=O)(=O)N2CC=CCC2)C1. The molecule has 2 rings (SSSR count). The third-order valence-corrected chi connectivity index (χ3v) is 5.81. The minimum atomic E-state index is -3.26. The molecule has 0 aromatic heterocycles.